The molecule has 0 aliphatic heterocycles. The van der Waals surface area contributed by atoms with Crippen LogP contribution in [0.1, 0.15) is 0 Å². The highest BCUT2D eigenvalue weighted by molar-refractivity contribution is 5.10. The molecule has 1 aromatic rings. The van der Waals surface area contributed by atoms with Gasteiger partial charge in [-0.05, 0) is 0 Å². The molecule has 0 aliphatic rings. The molecule has 8 heavy (non-hydrogen) atoms. The van der Waals surface area contributed by atoms with E-state index in [-0.39, 0.29) is 0 Å². The molecule has 0 amide bonds. The molecule has 3 nitrogen and oxygen atoms in total. The van der Waals surface area contributed by atoms with Crippen LogP contribution in [-0.4, -0.2) is 17.3 Å². The second kappa shape index (κ2) is 2.26. The van der Waals surface area contributed by atoms with E-state index in [1.807, 2.05) is 0 Å². The molecule has 0 N–H and O–H groups in total. The number of ether oxygens (including phenoxy) is 1. The van der Waals surface area contributed by atoms with Crippen LogP contribution in [0.3, 0.4) is 0 Å². The van der Waals surface area contributed by atoms with E-state index < -0.39 is 0 Å². The van der Waals surface area contributed by atoms with Crippen molar-refractivity contribution in [2.45, 2.75) is 0 Å². The maximum absolute atomic E-state index is 4.76. The fraction of sp³-hybridized carbons (Fsp3) is 0.200. The summed E-state index contributed by atoms with van der Waals surface area (Å²) in [5.74, 6) is 0.611. The zero-order valence-corrected chi connectivity index (χ0v) is 4.46. The second-order valence-electron chi connectivity index (χ2n) is 1.21. The summed E-state index contributed by atoms with van der Waals surface area (Å²) in [6.07, 6.45) is 4.09. The van der Waals surface area contributed by atoms with E-state index in [4.69, 9.17) is 4.74 Å². The first kappa shape index (κ1) is 5.03. The minimum absolute atomic E-state index is 0.611. The van der Waals surface area contributed by atoms with Crippen LogP contribution in [0, 0.1) is 6.20 Å². The van der Waals surface area contributed by atoms with E-state index in [1.165, 1.54) is 0 Å². The number of hydrogen-bond acceptors (Lipinski definition) is 3. The third kappa shape index (κ3) is 0.932. The molecule has 1 aromatic heterocycles. The van der Waals surface area contributed by atoms with Crippen molar-refractivity contribution >= 4 is 0 Å². The summed E-state index contributed by atoms with van der Waals surface area (Å²) in [5.41, 5.74) is 0. The van der Waals surface area contributed by atoms with Crippen LogP contribution in [0.15, 0.2) is 12.3 Å². The van der Waals surface area contributed by atoms with Gasteiger partial charge < -0.3 is 4.74 Å². The van der Waals surface area contributed by atoms with E-state index in [0.717, 1.165) is 0 Å². The van der Waals surface area contributed by atoms with Gasteiger partial charge >= 0.3 is 0 Å². The molecule has 0 spiro atoms. The van der Waals surface area contributed by atoms with Gasteiger partial charge in [-0.15, -0.1) is 5.10 Å². The normalized spacial score (nSPS) is 8.62. The molecule has 0 aliphatic carbocycles. The Morgan fingerprint density at radius 1 is 1.75 bits per heavy atom. The van der Waals surface area contributed by atoms with E-state index >= 15 is 0 Å². The summed E-state index contributed by atoms with van der Waals surface area (Å²) in [6, 6.07) is 1.69. The molecule has 0 saturated carbocycles. The second-order valence-corrected chi connectivity index (χ2v) is 1.21. The maximum atomic E-state index is 4.76. The predicted molar refractivity (Wildman–Crippen MR) is 27.4 cm³/mol. The molecule has 0 fully saturated rings. The van der Waals surface area contributed by atoms with Gasteiger partial charge in [-0.25, -0.2) is 0 Å². The molecule has 0 atom stereocenters. The first-order chi connectivity index (χ1) is 3.93. The molecule has 1 heterocycles. The van der Waals surface area contributed by atoms with Crippen molar-refractivity contribution < 1.29 is 4.74 Å². The van der Waals surface area contributed by atoms with Gasteiger partial charge in [0, 0.05) is 6.07 Å². The zero-order valence-electron chi connectivity index (χ0n) is 4.46. The minimum Gasteiger partial charge on any atom is -0.494 e. The molecule has 0 aromatic carbocycles. The van der Waals surface area contributed by atoms with Crippen LogP contribution >= 0.6 is 0 Å². The fourth-order valence-electron chi connectivity index (χ4n) is 0.363. The van der Waals surface area contributed by atoms with E-state index in [0.29, 0.717) is 5.75 Å². The highest BCUT2D eigenvalue weighted by atomic mass is 16.5. The topological polar surface area (TPSA) is 35.0 Å². The molecule has 1 radical (unpaired) electrons. The maximum Gasteiger partial charge on any atom is 0.159 e. The number of rotatable bonds is 1. The highest BCUT2D eigenvalue weighted by Crippen LogP contribution is 2.00. The Kier molecular flexibility index (Phi) is 1.42. The summed E-state index contributed by atoms with van der Waals surface area (Å²) in [6.45, 7) is 0. The lowest BCUT2D eigenvalue weighted by atomic mass is 10.5. The zero-order chi connectivity index (χ0) is 5.82. The Morgan fingerprint density at radius 2 is 2.62 bits per heavy atom. The minimum atomic E-state index is 0.611. The largest absolute Gasteiger partial charge is 0.494 e. The van der Waals surface area contributed by atoms with Gasteiger partial charge in [0.15, 0.2) is 6.20 Å². The van der Waals surface area contributed by atoms with Crippen LogP contribution in [0.5, 0.6) is 5.75 Å². The first-order valence-corrected chi connectivity index (χ1v) is 2.17. The SMILES string of the molecule is COc1[c]nncc1. The average molecular weight is 109 g/mol. The van der Waals surface area contributed by atoms with Crippen molar-refractivity contribution in [1.29, 1.82) is 0 Å². The van der Waals surface area contributed by atoms with Crippen LogP contribution < -0.4 is 4.74 Å². The Hall–Kier alpha value is -1.12. The molecule has 0 unspecified atom stereocenters. The van der Waals surface area contributed by atoms with Crippen LogP contribution in [0.2, 0.25) is 0 Å². The Bertz CT molecular complexity index is 152. The van der Waals surface area contributed by atoms with Gasteiger partial charge in [-0.1, -0.05) is 0 Å². The lowest BCUT2D eigenvalue weighted by Crippen LogP contribution is -1.84. The van der Waals surface area contributed by atoms with Gasteiger partial charge in [0.2, 0.25) is 0 Å². The van der Waals surface area contributed by atoms with Crippen LogP contribution in [0.25, 0.3) is 0 Å². The third-order valence-corrected chi connectivity index (χ3v) is 0.730. The fourth-order valence-corrected chi connectivity index (χ4v) is 0.363. The summed E-state index contributed by atoms with van der Waals surface area (Å²) in [4.78, 5) is 0. The van der Waals surface area contributed by atoms with Gasteiger partial charge in [0.05, 0.1) is 13.3 Å². The van der Waals surface area contributed by atoms with Crippen molar-refractivity contribution in [3.8, 4) is 5.75 Å². The van der Waals surface area contributed by atoms with E-state index in [9.17, 15) is 0 Å². The number of methoxy groups -OCH3 is 1. The highest BCUT2D eigenvalue weighted by Gasteiger charge is 1.84. The van der Waals surface area contributed by atoms with E-state index in [1.54, 1.807) is 19.4 Å². The van der Waals surface area contributed by atoms with Gasteiger partial charge in [-0.2, -0.15) is 5.10 Å². The summed E-state index contributed by atoms with van der Waals surface area (Å²) in [7, 11) is 1.56. The van der Waals surface area contributed by atoms with Crippen LogP contribution in [-0.2, 0) is 0 Å². The average Bonchev–Trinajstić information content (AvgIpc) is 1.90. The van der Waals surface area contributed by atoms with Crippen molar-refractivity contribution in [3.63, 3.8) is 0 Å². The Morgan fingerprint density at radius 3 is 3.00 bits per heavy atom. The van der Waals surface area contributed by atoms with Crippen molar-refractivity contribution in [2.24, 2.45) is 0 Å². The molecular weight excluding hydrogens is 104 g/mol. The number of aromatic nitrogens is 2. The van der Waals surface area contributed by atoms with Gasteiger partial charge in [-0.3, -0.25) is 0 Å². The Labute approximate surface area is 47.3 Å². The van der Waals surface area contributed by atoms with E-state index in [2.05, 4.69) is 16.4 Å². The predicted octanol–water partition coefficient (Wildman–Crippen LogP) is 0.285. The molecule has 41 valence electrons. The Balaban J connectivity index is 2.83. The first-order valence-electron chi connectivity index (χ1n) is 2.17. The molecule has 0 saturated heterocycles. The van der Waals surface area contributed by atoms with Crippen molar-refractivity contribution in [1.82, 2.24) is 10.2 Å². The molecule has 3 heteroatoms. The standard InChI is InChI=1S/C5H5N2O/c1-8-5-2-3-6-7-4-5/h2-3H,1H3. The third-order valence-electron chi connectivity index (χ3n) is 0.730. The van der Waals surface area contributed by atoms with Crippen molar-refractivity contribution in [3.05, 3.63) is 18.5 Å². The smallest absolute Gasteiger partial charge is 0.159 e. The van der Waals surface area contributed by atoms with Crippen LogP contribution in [0.4, 0.5) is 0 Å². The quantitative estimate of drug-likeness (QED) is 0.519. The summed E-state index contributed by atoms with van der Waals surface area (Å²) in [5, 5.41) is 6.96. The number of nitrogens with zero attached hydrogens (tertiary/aromatic N) is 2. The van der Waals surface area contributed by atoms with Gasteiger partial charge in [0.25, 0.3) is 0 Å². The molecule has 0 bridgehead atoms. The monoisotopic (exact) mass is 109 g/mol. The molecule has 1 rings (SSSR count). The molecular formula is C5H5N2O. The summed E-state index contributed by atoms with van der Waals surface area (Å²) < 4.78 is 4.76. The lowest BCUT2D eigenvalue weighted by Gasteiger charge is -1.91. The van der Waals surface area contributed by atoms with Gasteiger partial charge in [0.1, 0.15) is 5.75 Å². The lowest BCUT2D eigenvalue weighted by molar-refractivity contribution is 0.410. The number of hydrogen-bond donors (Lipinski definition) is 0. The summed E-state index contributed by atoms with van der Waals surface area (Å²) >= 11 is 0. The van der Waals surface area contributed by atoms with Crippen molar-refractivity contribution in [2.75, 3.05) is 7.11 Å².